The molecule has 0 bridgehead atoms. The van der Waals surface area contributed by atoms with E-state index in [1.165, 1.54) is 65.7 Å². The normalized spacial score (nSPS) is 18.1. The van der Waals surface area contributed by atoms with Gasteiger partial charge in [0.25, 0.3) is 0 Å². The molecule has 0 saturated carbocycles. The van der Waals surface area contributed by atoms with Gasteiger partial charge in [-0.2, -0.15) is 0 Å². The van der Waals surface area contributed by atoms with E-state index in [1.807, 2.05) is 0 Å². The molecule has 1 saturated heterocycles. The molecule has 8 rings (SSSR count). The van der Waals surface area contributed by atoms with E-state index in [4.69, 9.17) is 9.31 Å². The van der Waals surface area contributed by atoms with E-state index < -0.39 is 0 Å². The Labute approximate surface area is 248 Å². The molecule has 1 fully saturated rings. The summed E-state index contributed by atoms with van der Waals surface area (Å²) in [6, 6.07) is 38.3. The molecule has 2 aliphatic rings. The Bertz CT molecular complexity index is 2030. The van der Waals surface area contributed by atoms with Crippen molar-refractivity contribution in [3.05, 3.63) is 114 Å². The Kier molecular flexibility index (Phi) is 5.26. The molecule has 0 atom stereocenters. The van der Waals surface area contributed by atoms with Crippen LogP contribution in [0.4, 0.5) is 0 Å². The smallest absolute Gasteiger partial charge is 0.399 e. The molecular formula is C39H35BO2. The minimum absolute atomic E-state index is 0.0733. The summed E-state index contributed by atoms with van der Waals surface area (Å²) >= 11 is 0. The van der Waals surface area contributed by atoms with Gasteiger partial charge >= 0.3 is 7.12 Å². The SMILES string of the molecule is CC1(C)c2ccc(B3OC(C)(C)C(C)(C)O3)cc2-c2cc(-c3ccc4c5ccccc5c5ccccc5c4c3)ccc21. The first-order valence-corrected chi connectivity index (χ1v) is 15.0. The van der Waals surface area contributed by atoms with E-state index in [0.717, 1.165) is 5.46 Å². The second-order valence-corrected chi connectivity index (χ2v) is 13.6. The van der Waals surface area contributed by atoms with E-state index in [0.29, 0.717) is 0 Å². The molecule has 0 spiro atoms. The van der Waals surface area contributed by atoms with Crippen LogP contribution in [-0.2, 0) is 14.7 Å². The minimum atomic E-state index is -0.376. The van der Waals surface area contributed by atoms with Gasteiger partial charge in [0.1, 0.15) is 0 Å². The molecule has 1 aliphatic carbocycles. The molecule has 6 aromatic rings. The van der Waals surface area contributed by atoms with Gasteiger partial charge in [0.05, 0.1) is 11.2 Å². The first-order chi connectivity index (χ1) is 20.0. The average molecular weight is 547 g/mol. The van der Waals surface area contributed by atoms with E-state index in [1.54, 1.807) is 0 Å². The summed E-state index contributed by atoms with van der Waals surface area (Å²) in [6.07, 6.45) is 0. The summed E-state index contributed by atoms with van der Waals surface area (Å²) in [6.45, 7) is 13.1. The van der Waals surface area contributed by atoms with Crippen LogP contribution in [0.25, 0.3) is 54.6 Å². The number of hydrogen-bond acceptors (Lipinski definition) is 2. The predicted molar refractivity (Wildman–Crippen MR) is 178 cm³/mol. The van der Waals surface area contributed by atoms with Gasteiger partial charge in [-0.25, -0.2) is 0 Å². The number of benzene rings is 6. The summed E-state index contributed by atoms with van der Waals surface area (Å²) < 4.78 is 12.9. The molecule has 0 amide bonds. The third-order valence-corrected chi connectivity index (χ3v) is 10.3. The Hall–Kier alpha value is -3.92. The third-order valence-electron chi connectivity index (χ3n) is 10.3. The maximum atomic E-state index is 6.43. The lowest BCUT2D eigenvalue weighted by Crippen LogP contribution is -2.41. The fraction of sp³-hybridized carbons (Fsp3) is 0.231. The van der Waals surface area contributed by atoms with Crippen LogP contribution in [0.1, 0.15) is 52.7 Å². The van der Waals surface area contributed by atoms with Crippen molar-refractivity contribution in [2.24, 2.45) is 0 Å². The molecule has 0 radical (unpaired) electrons. The lowest BCUT2D eigenvalue weighted by Gasteiger charge is -2.32. The van der Waals surface area contributed by atoms with Gasteiger partial charge in [0.15, 0.2) is 0 Å². The second kappa shape index (κ2) is 8.57. The first-order valence-electron chi connectivity index (χ1n) is 15.0. The van der Waals surface area contributed by atoms with Crippen LogP contribution in [0.3, 0.4) is 0 Å². The van der Waals surface area contributed by atoms with Crippen molar-refractivity contribution < 1.29 is 9.31 Å². The lowest BCUT2D eigenvalue weighted by atomic mass is 9.76. The standard InChI is InChI=1S/C39H35BO2/c1-37(2)35-19-16-25(22-33(35)34-23-26(17-20-36(34)37)40-41-38(3,4)39(5,6)42-40)24-15-18-31-29-13-8-7-11-27(29)28-12-9-10-14-30(28)32(31)21-24/h7-23H,1-6H3. The summed E-state index contributed by atoms with van der Waals surface area (Å²) in [7, 11) is -0.376. The summed E-state index contributed by atoms with van der Waals surface area (Å²) in [4.78, 5) is 0. The van der Waals surface area contributed by atoms with Crippen molar-refractivity contribution in [1.82, 2.24) is 0 Å². The van der Waals surface area contributed by atoms with E-state index in [2.05, 4.69) is 145 Å². The molecule has 3 heteroatoms. The van der Waals surface area contributed by atoms with Crippen LogP contribution in [-0.4, -0.2) is 18.3 Å². The summed E-state index contributed by atoms with van der Waals surface area (Å²) in [5.41, 5.74) is 8.03. The van der Waals surface area contributed by atoms with Gasteiger partial charge in [-0.05, 0) is 111 Å². The number of hydrogen-bond donors (Lipinski definition) is 0. The predicted octanol–water partition coefficient (Wildman–Crippen LogP) is 9.42. The van der Waals surface area contributed by atoms with Crippen LogP contribution < -0.4 is 5.46 Å². The fourth-order valence-corrected chi connectivity index (χ4v) is 7.18. The molecule has 0 unspecified atom stereocenters. The number of fused-ring (bicyclic) bond motifs is 9. The molecule has 6 aromatic carbocycles. The van der Waals surface area contributed by atoms with Crippen molar-refractivity contribution in [2.75, 3.05) is 0 Å². The largest absolute Gasteiger partial charge is 0.494 e. The molecule has 206 valence electrons. The topological polar surface area (TPSA) is 18.5 Å². The van der Waals surface area contributed by atoms with Crippen molar-refractivity contribution >= 4 is 44.9 Å². The Balaban J connectivity index is 1.28. The highest BCUT2D eigenvalue weighted by Crippen LogP contribution is 2.50. The molecule has 2 nitrogen and oxygen atoms in total. The second-order valence-electron chi connectivity index (χ2n) is 13.6. The van der Waals surface area contributed by atoms with Gasteiger partial charge in [-0.1, -0.05) is 105 Å². The quantitative estimate of drug-likeness (QED) is 0.159. The zero-order valence-corrected chi connectivity index (χ0v) is 25.2. The highest BCUT2D eigenvalue weighted by atomic mass is 16.7. The van der Waals surface area contributed by atoms with Crippen LogP contribution in [0.5, 0.6) is 0 Å². The van der Waals surface area contributed by atoms with Gasteiger partial charge in [-0.3, -0.25) is 0 Å². The summed E-state index contributed by atoms with van der Waals surface area (Å²) in [5.74, 6) is 0. The molecule has 1 heterocycles. The van der Waals surface area contributed by atoms with Crippen molar-refractivity contribution in [1.29, 1.82) is 0 Å². The van der Waals surface area contributed by atoms with Gasteiger partial charge in [-0.15, -0.1) is 0 Å². The minimum Gasteiger partial charge on any atom is -0.399 e. The van der Waals surface area contributed by atoms with Crippen LogP contribution in [0.15, 0.2) is 103 Å². The Morgan fingerprint density at radius 1 is 0.452 bits per heavy atom. The molecule has 1 aliphatic heterocycles. The monoisotopic (exact) mass is 546 g/mol. The van der Waals surface area contributed by atoms with Gasteiger partial charge in [0.2, 0.25) is 0 Å². The molecule has 42 heavy (non-hydrogen) atoms. The van der Waals surface area contributed by atoms with Crippen LogP contribution in [0, 0.1) is 0 Å². The van der Waals surface area contributed by atoms with Crippen molar-refractivity contribution in [2.45, 2.75) is 58.2 Å². The number of rotatable bonds is 2. The third kappa shape index (κ3) is 3.54. The van der Waals surface area contributed by atoms with Crippen molar-refractivity contribution in [3.63, 3.8) is 0 Å². The summed E-state index contributed by atoms with van der Waals surface area (Å²) in [5, 5.41) is 7.81. The van der Waals surface area contributed by atoms with Crippen LogP contribution >= 0.6 is 0 Å². The highest BCUT2D eigenvalue weighted by Gasteiger charge is 2.52. The van der Waals surface area contributed by atoms with Crippen molar-refractivity contribution in [3.8, 4) is 22.3 Å². The maximum Gasteiger partial charge on any atom is 0.494 e. The first kappa shape index (κ1) is 25.8. The van der Waals surface area contributed by atoms with E-state index in [-0.39, 0.29) is 23.7 Å². The van der Waals surface area contributed by atoms with Gasteiger partial charge < -0.3 is 9.31 Å². The molecule has 0 aromatic heterocycles. The van der Waals surface area contributed by atoms with E-state index >= 15 is 0 Å². The lowest BCUT2D eigenvalue weighted by molar-refractivity contribution is 0.00578. The Morgan fingerprint density at radius 2 is 0.905 bits per heavy atom. The zero-order chi connectivity index (χ0) is 29.0. The average Bonchev–Trinajstić information content (AvgIpc) is 3.36. The Morgan fingerprint density at radius 3 is 1.50 bits per heavy atom. The molecular weight excluding hydrogens is 511 g/mol. The molecule has 0 N–H and O–H groups in total. The van der Waals surface area contributed by atoms with E-state index in [9.17, 15) is 0 Å². The maximum absolute atomic E-state index is 6.43. The highest BCUT2D eigenvalue weighted by molar-refractivity contribution is 6.62. The van der Waals surface area contributed by atoms with Gasteiger partial charge in [0, 0.05) is 5.41 Å². The zero-order valence-electron chi connectivity index (χ0n) is 25.2. The van der Waals surface area contributed by atoms with Crippen LogP contribution in [0.2, 0.25) is 0 Å². The fourth-order valence-electron chi connectivity index (χ4n) is 7.18.